The van der Waals surface area contributed by atoms with Crippen molar-refractivity contribution >= 4 is 17.3 Å². The molecule has 8 nitrogen and oxygen atoms in total. The zero-order valence-electron chi connectivity index (χ0n) is 11.5. The van der Waals surface area contributed by atoms with Crippen molar-refractivity contribution < 1.29 is 14.8 Å². The maximum Gasteiger partial charge on any atom is 0.271 e. The van der Waals surface area contributed by atoms with Gasteiger partial charge in [0, 0.05) is 25.4 Å². The summed E-state index contributed by atoms with van der Waals surface area (Å²) < 4.78 is 1.51. The standard InChI is InChI=1S/C13H14N4O4/c1-3-10-9(7-16(2)15-10)13(19)14-11-6-8(17(20)21)4-5-12(11)18/h4-7,18H,3H2,1-2H3,(H,14,19). The van der Waals surface area contributed by atoms with Crippen LogP contribution >= 0.6 is 0 Å². The van der Waals surface area contributed by atoms with E-state index in [1.54, 1.807) is 13.2 Å². The van der Waals surface area contributed by atoms with E-state index in [1.807, 2.05) is 6.92 Å². The molecule has 110 valence electrons. The molecule has 0 atom stereocenters. The van der Waals surface area contributed by atoms with Gasteiger partial charge in [0.25, 0.3) is 11.6 Å². The number of nitrogens with zero attached hydrogens (tertiary/aromatic N) is 3. The SMILES string of the molecule is CCc1nn(C)cc1C(=O)Nc1cc([N+](=O)[O-])ccc1O. The lowest BCUT2D eigenvalue weighted by molar-refractivity contribution is -0.384. The van der Waals surface area contributed by atoms with E-state index in [-0.39, 0.29) is 17.1 Å². The minimum atomic E-state index is -0.601. The topological polar surface area (TPSA) is 110 Å². The van der Waals surface area contributed by atoms with Crippen molar-refractivity contribution in [3.8, 4) is 5.75 Å². The summed E-state index contributed by atoms with van der Waals surface area (Å²) in [5.74, 6) is -0.716. The molecule has 0 aliphatic rings. The van der Waals surface area contributed by atoms with E-state index in [1.165, 1.54) is 4.68 Å². The molecule has 1 aromatic heterocycles. The molecule has 0 saturated carbocycles. The highest BCUT2D eigenvalue weighted by Gasteiger charge is 2.17. The Bertz CT molecular complexity index is 708. The number of hydrogen-bond donors (Lipinski definition) is 2. The highest BCUT2D eigenvalue weighted by molar-refractivity contribution is 6.05. The van der Waals surface area contributed by atoms with Crippen molar-refractivity contribution in [1.82, 2.24) is 9.78 Å². The number of non-ortho nitro benzene ring substituents is 1. The third kappa shape index (κ3) is 2.99. The Labute approximate surface area is 120 Å². The molecule has 0 radical (unpaired) electrons. The number of carbonyl (C=O) groups excluding carboxylic acids is 1. The van der Waals surface area contributed by atoms with Crippen LogP contribution in [-0.2, 0) is 13.5 Å². The molecular formula is C13H14N4O4. The molecule has 2 N–H and O–H groups in total. The van der Waals surface area contributed by atoms with Crippen LogP contribution in [0.2, 0.25) is 0 Å². The van der Waals surface area contributed by atoms with Crippen LogP contribution in [0.1, 0.15) is 23.0 Å². The number of aromatic nitrogens is 2. The Morgan fingerprint density at radius 1 is 1.52 bits per heavy atom. The maximum atomic E-state index is 12.2. The largest absolute Gasteiger partial charge is 0.506 e. The number of aromatic hydroxyl groups is 1. The molecule has 0 fully saturated rings. The van der Waals surface area contributed by atoms with Crippen molar-refractivity contribution in [1.29, 1.82) is 0 Å². The van der Waals surface area contributed by atoms with Crippen LogP contribution < -0.4 is 5.32 Å². The molecule has 1 amide bonds. The molecule has 0 saturated heterocycles. The van der Waals surface area contributed by atoms with Crippen molar-refractivity contribution in [2.24, 2.45) is 7.05 Å². The van der Waals surface area contributed by atoms with Crippen molar-refractivity contribution in [3.05, 3.63) is 45.8 Å². The summed E-state index contributed by atoms with van der Waals surface area (Å²) in [5, 5.41) is 27.0. The van der Waals surface area contributed by atoms with Crippen LogP contribution in [0.3, 0.4) is 0 Å². The lowest BCUT2D eigenvalue weighted by Gasteiger charge is -2.06. The number of nitro benzene ring substituents is 1. The number of aryl methyl sites for hydroxylation is 2. The number of anilines is 1. The van der Waals surface area contributed by atoms with E-state index in [4.69, 9.17) is 0 Å². The summed E-state index contributed by atoms with van der Waals surface area (Å²) in [6, 6.07) is 3.43. The number of hydrogen-bond acceptors (Lipinski definition) is 5. The van der Waals surface area contributed by atoms with Gasteiger partial charge in [0.2, 0.25) is 0 Å². The van der Waals surface area contributed by atoms with Gasteiger partial charge in [0.05, 0.1) is 21.9 Å². The van der Waals surface area contributed by atoms with E-state index in [2.05, 4.69) is 10.4 Å². The van der Waals surface area contributed by atoms with Crippen LogP contribution in [0.4, 0.5) is 11.4 Å². The van der Waals surface area contributed by atoms with Gasteiger partial charge in [-0.25, -0.2) is 0 Å². The predicted molar refractivity (Wildman–Crippen MR) is 75.3 cm³/mol. The van der Waals surface area contributed by atoms with Crippen LogP contribution in [0.25, 0.3) is 0 Å². The smallest absolute Gasteiger partial charge is 0.271 e. The van der Waals surface area contributed by atoms with E-state index < -0.39 is 10.8 Å². The van der Waals surface area contributed by atoms with E-state index in [0.29, 0.717) is 17.7 Å². The third-order valence-corrected chi connectivity index (χ3v) is 2.92. The summed E-state index contributed by atoms with van der Waals surface area (Å²) in [6.45, 7) is 1.87. The maximum absolute atomic E-state index is 12.2. The fourth-order valence-electron chi connectivity index (χ4n) is 1.91. The number of carbonyl (C=O) groups is 1. The van der Waals surface area contributed by atoms with E-state index >= 15 is 0 Å². The summed E-state index contributed by atoms with van der Waals surface area (Å²) in [5.41, 5.74) is 0.746. The number of benzene rings is 1. The molecule has 2 rings (SSSR count). The lowest BCUT2D eigenvalue weighted by Crippen LogP contribution is -2.13. The van der Waals surface area contributed by atoms with Gasteiger partial charge in [-0.3, -0.25) is 19.6 Å². The number of phenols is 1. The fourth-order valence-corrected chi connectivity index (χ4v) is 1.91. The van der Waals surface area contributed by atoms with Crippen LogP contribution in [0, 0.1) is 10.1 Å². The molecule has 21 heavy (non-hydrogen) atoms. The number of nitro groups is 1. The summed E-state index contributed by atoms with van der Waals surface area (Å²) in [4.78, 5) is 22.3. The highest BCUT2D eigenvalue weighted by Crippen LogP contribution is 2.28. The molecular weight excluding hydrogens is 276 g/mol. The molecule has 0 aliphatic carbocycles. The molecule has 2 aromatic rings. The number of rotatable bonds is 4. The monoisotopic (exact) mass is 290 g/mol. The van der Waals surface area contributed by atoms with Crippen molar-refractivity contribution in [2.75, 3.05) is 5.32 Å². The van der Waals surface area contributed by atoms with Gasteiger partial charge in [-0.05, 0) is 12.5 Å². The first-order chi connectivity index (χ1) is 9.92. The number of nitrogens with one attached hydrogen (secondary N) is 1. The normalized spacial score (nSPS) is 10.4. The molecule has 0 bridgehead atoms. The second kappa shape index (κ2) is 5.61. The van der Waals surface area contributed by atoms with Crippen molar-refractivity contribution in [3.63, 3.8) is 0 Å². The quantitative estimate of drug-likeness (QED) is 0.507. The van der Waals surface area contributed by atoms with Crippen LogP contribution in [0.15, 0.2) is 24.4 Å². The Hall–Kier alpha value is -2.90. The fraction of sp³-hybridized carbons (Fsp3) is 0.231. The first kappa shape index (κ1) is 14.5. The van der Waals surface area contributed by atoms with Crippen LogP contribution in [0.5, 0.6) is 5.75 Å². The lowest BCUT2D eigenvalue weighted by atomic mass is 10.2. The van der Waals surface area contributed by atoms with Gasteiger partial charge in [0.15, 0.2) is 0 Å². The van der Waals surface area contributed by atoms with Gasteiger partial charge in [-0.1, -0.05) is 6.92 Å². The average molecular weight is 290 g/mol. The molecule has 8 heteroatoms. The summed E-state index contributed by atoms with van der Waals surface area (Å²) >= 11 is 0. The average Bonchev–Trinajstić information content (AvgIpc) is 2.82. The second-order valence-electron chi connectivity index (χ2n) is 4.43. The third-order valence-electron chi connectivity index (χ3n) is 2.92. The van der Waals surface area contributed by atoms with E-state index in [0.717, 1.165) is 18.2 Å². The summed E-state index contributed by atoms with van der Waals surface area (Å²) in [6.07, 6.45) is 2.13. The minimum Gasteiger partial charge on any atom is -0.506 e. The first-order valence-electron chi connectivity index (χ1n) is 6.23. The van der Waals surface area contributed by atoms with Crippen LogP contribution in [-0.4, -0.2) is 25.7 Å². The Balaban J connectivity index is 2.31. The number of phenolic OH excluding ortho intramolecular Hbond substituents is 1. The van der Waals surface area contributed by atoms with Crippen molar-refractivity contribution in [2.45, 2.75) is 13.3 Å². The minimum absolute atomic E-state index is 0.0138. The van der Waals surface area contributed by atoms with E-state index in [9.17, 15) is 20.0 Å². The second-order valence-corrected chi connectivity index (χ2v) is 4.43. The molecule has 0 unspecified atom stereocenters. The highest BCUT2D eigenvalue weighted by atomic mass is 16.6. The number of amides is 1. The summed E-state index contributed by atoms with van der Waals surface area (Å²) in [7, 11) is 1.70. The van der Waals surface area contributed by atoms with Gasteiger partial charge in [-0.2, -0.15) is 5.10 Å². The first-order valence-corrected chi connectivity index (χ1v) is 6.23. The molecule has 1 aromatic carbocycles. The molecule has 0 aliphatic heterocycles. The Morgan fingerprint density at radius 3 is 2.86 bits per heavy atom. The van der Waals surface area contributed by atoms with Gasteiger partial charge < -0.3 is 10.4 Å². The zero-order chi connectivity index (χ0) is 15.6. The zero-order valence-corrected chi connectivity index (χ0v) is 11.5. The van der Waals surface area contributed by atoms with Gasteiger partial charge in [-0.15, -0.1) is 0 Å². The van der Waals surface area contributed by atoms with Gasteiger partial charge in [0.1, 0.15) is 5.75 Å². The van der Waals surface area contributed by atoms with Gasteiger partial charge >= 0.3 is 0 Å². The molecule has 1 heterocycles. The molecule has 0 spiro atoms. The predicted octanol–water partition coefficient (Wildman–Crippen LogP) is 1.85. The Kier molecular flexibility index (Phi) is 3.88. The Morgan fingerprint density at radius 2 is 2.24 bits per heavy atom.